The SMILES string of the molecule is Cc1ccc(F)cc1OCc1cc(F)ccc1[N+](=O)[O-]. The molecule has 104 valence electrons. The highest BCUT2D eigenvalue weighted by Crippen LogP contribution is 2.24. The first-order valence-corrected chi connectivity index (χ1v) is 5.79. The smallest absolute Gasteiger partial charge is 0.276 e. The van der Waals surface area contributed by atoms with Crippen LogP contribution in [0.3, 0.4) is 0 Å². The summed E-state index contributed by atoms with van der Waals surface area (Å²) in [5.41, 5.74) is 0.546. The van der Waals surface area contributed by atoms with E-state index in [-0.39, 0.29) is 23.6 Å². The number of aryl methyl sites for hydroxylation is 1. The van der Waals surface area contributed by atoms with Gasteiger partial charge in [-0.3, -0.25) is 10.1 Å². The maximum atomic E-state index is 13.1. The van der Waals surface area contributed by atoms with E-state index in [0.29, 0.717) is 5.56 Å². The number of benzene rings is 2. The van der Waals surface area contributed by atoms with Crippen molar-refractivity contribution in [1.29, 1.82) is 0 Å². The molecule has 0 aliphatic carbocycles. The van der Waals surface area contributed by atoms with Crippen molar-refractivity contribution in [2.75, 3.05) is 0 Å². The lowest BCUT2D eigenvalue weighted by Crippen LogP contribution is -2.02. The Hall–Kier alpha value is -2.50. The molecular formula is C14H11F2NO3. The summed E-state index contributed by atoms with van der Waals surface area (Å²) in [4.78, 5) is 10.2. The van der Waals surface area contributed by atoms with Crippen molar-refractivity contribution in [3.63, 3.8) is 0 Å². The lowest BCUT2D eigenvalue weighted by atomic mass is 10.2. The molecule has 0 heterocycles. The minimum absolute atomic E-state index is 0.0960. The van der Waals surface area contributed by atoms with Crippen LogP contribution in [0.15, 0.2) is 36.4 Å². The van der Waals surface area contributed by atoms with Crippen LogP contribution < -0.4 is 4.74 Å². The van der Waals surface area contributed by atoms with Crippen molar-refractivity contribution < 1.29 is 18.4 Å². The fraction of sp³-hybridized carbons (Fsp3) is 0.143. The van der Waals surface area contributed by atoms with Crippen molar-refractivity contribution in [2.45, 2.75) is 13.5 Å². The first kappa shape index (κ1) is 13.9. The zero-order chi connectivity index (χ0) is 14.7. The molecule has 0 saturated carbocycles. The normalized spacial score (nSPS) is 10.3. The van der Waals surface area contributed by atoms with Crippen molar-refractivity contribution >= 4 is 5.69 Å². The first-order valence-electron chi connectivity index (χ1n) is 5.79. The molecule has 0 aliphatic rings. The molecular weight excluding hydrogens is 268 g/mol. The van der Waals surface area contributed by atoms with E-state index in [0.717, 1.165) is 18.2 Å². The van der Waals surface area contributed by atoms with Gasteiger partial charge in [-0.25, -0.2) is 8.78 Å². The molecule has 0 atom stereocenters. The molecule has 0 amide bonds. The molecule has 0 fully saturated rings. The van der Waals surface area contributed by atoms with E-state index in [1.165, 1.54) is 18.2 Å². The van der Waals surface area contributed by atoms with Crippen molar-refractivity contribution in [3.8, 4) is 5.75 Å². The van der Waals surface area contributed by atoms with Crippen LogP contribution in [0.4, 0.5) is 14.5 Å². The maximum absolute atomic E-state index is 13.1. The van der Waals surface area contributed by atoms with Crippen LogP contribution in [0, 0.1) is 28.7 Å². The molecule has 2 aromatic rings. The highest BCUT2D eigenvalue weighted by molar-refractivity contribution is 5.40. The Labute approximate surface area is 113 Å². The second-order valence-corrected chi connectivity index (χ2v) is 4.23. The van der Waals surface area contributed by atoms with E-state index < -0.39 is 16.6 Å². The Kier molecular flexibility index (Phi) is 3.93. The topological polar surface area (TPSA) is 52.4 Å². The molecule has 2 rings (SSSR count). The number of ether oxygens (including phenoxy) is 1. The fourth-order valence-electron chi connectivity index (χ4n) is 1.73. The number of hydrogen-bond donors (Lipinski definition) is 0. The molecule has 0 saturated heterocycles. The molecule has 20 heavy (non-hydrogen) atoms. The van der Waals surface area contributed by atoms with Gasteiger partial charge in [0.05, 0.1) is 10.5 Å². The summed E-state index contributed by atoms with van der Waals surface area (Å²) in [6.45, 7) is 1.51. The van der Waals surface area contributed by atoms with Gasteiger partial charge in [0.2, 0.25) is 0 Å². The number of halogens is 2. The van der Waals surface area contributed by atoms with Crippen LogP contribution >= 0.6 is 0 Å². The Balaban J connectivity index is 2.24. The average molecular weight is 279 g/mol. The standard InChI is InChI=1S/C14H11F2NO3/c1-9-2-3-12(16)7-14(9)20-8-10-6-11(15)4-5-13(10)17(18)19/h2-7H,8H2,1H3. The van der Waals surface area contributed by atoms with Gasteiger partial charge in [0, 0.05) is 12.1 Å². The lowest BCUT2D eigenvalue weighted by molar-refractivity contribution is -0.385. The third-order valence-corrected chi connectivity index (χ3v) is 2.77. The number of rotatable bonds is 4. The van der Waals surface area contributed by atoms with Gasteiger partial charge in [-0.2, -0.15) is 0 Å². The predicted molar refractivity (Wildman–Crippen MR) is 68.5 cm³/mol. The van der Waals surface area contributed by atoms with Crippen LogP contribution in [0.1, 0.15) is 11.1 Å². The molecule has 4 nitrogen and oxygen atoms in total. The number of hydrogen-bond acceptors (Lipinski definition) is 3. The van der Waals surface area contributed by atoms with Crippen molar-refractivity contribution in [1.82, 2.24) is 0 Å². The summed E-state index contributed by atoms with van der Waals surface area (Å²) in [5, 5.41) is 10.8. The zero-order valence-corrected chi connectivity index (χ0v) is 10.6. The molecule has 0 radical (unpaired) electrons. The minimum atomic E-state index is -0.615. The van der Waals surface area contributed by atoms with Gasteiger partial charge in [0.15, 0.2) is 0 Å². The average Bonchev–Trinajstić information content (AvgIpc) is 2.39. The Morgan fingerprint density at radius 1 is 1.15 bits per heavy atom. The number of nitrogens with zero attached hydrogens (tertiary/aromatic N) is 1. The van der Waals surface area contributed by atoms with E-state index >= 15 is 0 Å². The van der Waals surface area contributed by atoms with Crippen LogP contribution in [0.5, 0.6) is 5.75 Å². The molecule has 2 aromatic carbocycles. The summed E-state index contributed by atoms with van der Waals surface area (Å²) < 4.78 is 31.6. The first-order chi connectivity index (χ1) is 9.47. The highest BCUT2D eigenvalue weighted by Gasteiger charge is 2.15. The Bertz CT molecular complexity index is 659. The molecule has 0 bridgehead atoms. The largest absolute Gasteiger partial charge is 0.488 e. The van der Waals surface area contributed by atoms with Crippen molar-refractivity contribution in [3.05, 3.63) is 69.3 Å². The second-order valence-electron chi connectivity index (χ2n) is 4.23. The quantitative estimate of drug-likeness (QED) is 0.632. The third-order valence-electron chi connectivity index (χ3n) is 2.77. The fourth-order valence-corrected chi connectivity index (χ4v) is 1.73. The van der Waals surface area contributed by atoms with Gasteiger partial charge in [0.1, 0.15) is 24.0 Å². The highest BCUT2D eigenvalue weighted by atomic mass is 19.1. The van der Waals surface area contributed by atoms with E-state index in [9.17, 15) is 18.9 Å². The maximum Gasteiger partial charge on any atom is 0.276 e. The van der Waals surface area contributed by atoms with Crippen molar-refractivity contribution in [2.24, 2.45) is 0 Å². The Morgan fingerprint density at radius 2 is 1.80 bits per heavy atom. The summed E-state index contributed by atoms with van der Waals surface area (Å²) in [7, 11) is 0. The van der Waals surface area contributed by atoms with Crippen LogP contribution in [0.25, 0.3) is 0 Å². The second kappa shape index (κ2) is 5.64. The van der Waals surface area contributed by atoms with Crippen LogP contribution in [-0.2, 0) is 6.61 Å². The van der Waals surface area contributed by atoms with E-state index in [2.05, 4.69) is 0 Å². The van der Waals surface area contributed by atoms with Gasteiger partial charge in [-0.15, -0.1) is 0 Å². The third kappa shape index (κ3) is 3.09. The summed E-state index contributed by atoms with van der Waals surface area (Å²) in [6.07, 6.45) is 0. The van der Waals surface area contributed by atoms with E-state index in [4.69, 9.17) is 4.74 Å². The summed E-state index contributed by atoms with van der Waals surface area (Å²) in [5.74, 6) is -0.798. The predicted octanol–water partition coefficient (Wildman–Crippen LogP) is 3.76. The van der Waals surface area contributed by atoms with Gasteiger partial charge in [-0.1, -0.05) is 6.07 Å². The van der Waals surface area contributed by atoms with Gasteiger partial charge in [-0.05, 0) is 30.7 Å². The molecule has 0 unspecified atom stereocenters. The molecule has 0 spiro atoms. The summed E-state index contributed by atoms with van der Waals surface area (Å²) in [6, 6.07) is 7.12. The number of nitro benzene ring substituents is 1. The van der Waals surface area contributed by atoms with E-state index in [1.807, 2.05) is 0 Å². The summed E-state index contributed by atoms with van der Waals surface area (Å²) >= 11 is 0. The van der Waals surface area contributed by atoms with Gasteiger partial charge < -0.3 is 4.74 Å². The van der Waals surface area contributed by atoms with Gasteiger partial charge >= 0.3 is 0 Å². The molecule has 0 N–H and O–H groups in total. The van der Waals surface area contributed by atoms with E-state index in [1.54, 1.807) is 6.92 Å². The minimum Gasteiger partial charge on any atom is -0.488 e. The van der Waals surface area contributed by atoms with Crippen LogP contribution in [0.2, 0.25) is 0 Å². The number of nitro groups is 1. The lowest BCUT2D eigenvalue weighted by Gasteiger charge is -2.09. The van der Waals surface area contributed by atoms with Gasteiger partial charge in [0.25, 0.3) is 5.69 Å². The zero-order valence-electron chi connectivity index (χ0n) is 10.6. The molecule has 0 aliphatic heterocycles. The molecule has 0 aromatic heterocycles. The van der Waals surface area contributed by atoms with Crippen LogP contribution in [-0.4, -0.2) is 4.92 Å². The molecule has 6 heteroatoms. The monoisotopic (exact) mass is 279 g/mol. The Morgan fingerprint density at radius 3 is 2.50 bits per heavy atom.